The molecule has 1 amide bonds. The van der Waals surface area contributed by atoms with Crippen LogP contribution in [0.5, 0.6) is 0 Å². The highest BCUT2D eigenvalue weighted by Gasteiger charge is 2.22. The largest absolute Gasteiger partial charge is 0.381 e. The summed E-state index contributed by atoms with van der Waals surface area (Å²) in [6, 6.07) is 13.2. The van der Waals surface area contributed by atoms with E-state index in [1.165, 1.54) is 27.8 Å². The van der Waals surface area contributed by atoms with Crippen LogP contribution in [0.25, 0.3) is 0 Å². The maximum absolute atomic E-state index is 13.4. The molecule has 2 aliphatic heterocycles. The minimum Gasteiger partial charge on any atom is -0.381 e. The van der Waals surface area contributed by atoms with Crippen LogP contribution in [-0.2, 0) is 27.8 Å². The zero-order valence-electron chi connectivity index (χ0n) is 24.4. The van der Waals surface area contributed by atoms with E-state index in [4.69, 9.17) is 9.73 Å². The maximum Gasteiger partial charge on any atom is 0.248 e. The van der Waals surface area contributed by atoms with Crippen LogP contribution < -0.4 is 15.5 Å². The first-order chi connectivity index (χ1) is 18.2. The normalized spacial score (nSPS) is 16.6. The van der Waals surface area contributed by atoms with Crippen LogP contribution >= 0.6 is 17.0 Å². The average Bonchev–Trinajstić information content (AvgIpc) is 3.11. The summed E-state index contributed by atoms with van der Waals surface area (Å²) in [5.74, 6) is 0.770. The molecule has 0 saturated carbocycles. The van der Waals surface area contributed by atoms with Crippen molar-refractivity contribution in [2.75, 3.05) is 37.7 Å². The summed E-state index contributed by atoms with van der Waals surface area (Å²) in [4.78, 5) is 20.1. The lowest BCUT2D eigenvalue weighted by Gasteiger charge is -2.26. The van der Waals surface area contributed by atoms with Crippen molar-refractivity contribution in [1.82, 2.24) is 10.6 Å². The molecule has 2 aromatic rings. The highest BCUT2D eigenvalue weighted by molar-refractivity contribution is 8.93. The van der Waals surface area contributed by atoms with Gasteiger partial charge in [0.2, 0.25) is 5.91 Å². The molecule has 214 valence electrons. The second kappa shape index (κ2) is 14.3. The number of amides is 1. The predicted octanol–water partition coefficient (Wildman–Crippen LogP) is 5.81. The Balaban J connectivity index is 0.00000420. The molecular formula is C32H47BrN4O2. The van der Waals surface area contributed by atoms with Crippen LogP contribution in [0.2, 0.25) is 0 Å². The SMILES string of the molecule is Br.Cc1cc(C(C)(C)C)cc(C)c1CCNC(=NCC(=O)N1CCCCc2ccccc21)NC1CCOCC1. The fourth-order valence-electron chi connectivity index (χ4n) is 5.50. The molecule has 0 radical (unpaired) electrons. The second-order valence-corrected chi connectivity index (χ2v) is 11.8. The minimum atomic E-state index is 0. The zero-order chi connectivity index (χ0) is 27.1. The number of benzene rings is 2. The molecule has 2 aromatic carbocycles. The highest BCUT2D eigenvalue weighted by Crippen LogP contribution is 2.28. The number of carbonyl (C=O) groups excluding carboxylic acids is 1. The molecule has 39 heavy (non-hydrogen) atoms. The van der Waals surface area contributed by atoms with E-state index >= 15 is 0 Å². The number of guanidine groups is 1. The van der Waals surface area contributed by atoms with Gasteiger partial charge in [-0.1, -0.05) is 51.1 Å². The molecule has 1 saturated heterocycles. The molecule has 0 aromatic heterocycles. The van der Waals surface area contributed by atoms with E-state index < -0.39 is 0 Å². The first-order valence-electron chi connectivity index (χ1n) is 14.3. The van der Waals surface area contributed by atoms with E-state index in [9.17, 15) is 4.79 Å². The first-order valence-corrected chi connectivity index (χ1v) is 14.3. The van der Waals surface area contributed by atoms with Crippen molar-refractivity contribution in [1.29, 1.82) is 0 Å². The lowest BCUT2D eigenvalue weighted by molar-refractivity contribution is -0.117. The fourth-order valence-corrected chi connectivity index (χ4v) is 5.50. The molecule has 0 unspecified atom stereocenters. The number of nitrogens with one attached hydrogen (secondary N) is 2. The number of anilines is 1. The number of aryl methyl sites for hydroxylation is 3. The highest BCUT2D eigenvalue weighted by atomic mass is 79.9. The summed E-state index contributed by atoms with van der Waals surface area (Å²) in [5, 5.41) is 7.11. The van der Waals surface area contributed by atoms with Crippen LogP contribution in [-0.4, -0.2) is 50.8 Å². The van der Waals surface area contributed by atoms with Gasteiger partial charge in [0.15, 0.2) is 5.96 Å². The Hall–Kier alpha value is -2.38. The van der Waals surface area contributed by atoms with Crippen molar-refractivity contribution in [3.8, 4) is 0 Å². The summed E-state index contributed by atoms with van der Waals surface area (Å²) in [5.41, 5.74) is 7.87. The van der Waals surface area contributed by atoms with Crippen molar-refractivity contribution in [2.45, 2.75) is 84.6 Å². The van der Waals surface area contributed by atoms with Gasteiger partial charge in [0, 0.05) is 38.0 Å². The van der Waals surface area contributed by atoms with E-state index in [-0.39, 0.29) is 34.8 Å². The van der Waals surface area contributed by atoms with Gasteiger partial charge < -0.3 is 20.3 Å². The second-order valence-electron chi connectivity index (χ2n) is 11.8. The third-order valence-corrected chi connectivity index (χ3v) is 7.83. The Labute approximate surface area is 245 Å². The molecule has 0 atom stereocenters. The summed E-state index contributed by atoms with van der Waals surface area (Å²) in [6.07, 6.45) is 5.95. The number of aliphatic imine (C=N–C) groups is 1. The fraction of sp³-hybridized carbons (Fsp3) is 0.562. The number of para-hydroxylation sites is 1. The predicted molar refractivity (Wildman–Crippen MR) is 168 cm³/mol. The van der Waals surface area contributed by atoms with Crippen LogP contribution in [0.15, 0.2) is 41.4 Å². The number of carbonyl (C=O) groups is 1. The molecule has 2 aliphatic rings. The third-order valence-electron chi connectivity index (χ3n) is 7.83. The van der Waals surface area contributed by atoms with Gasteiger partial charge in [0.05, 0.1) is 0 Å². The summed E-state index contributed by atoms with van der Waals surface area (Å²) < 4.78 is 5.54. The van der Waals surface area contributed by atoms with Gasteiger partial charge in [-0.25, -0.2) is 4.99 Å². The standard InChI is InChI=1S/C32H46N4O2.BrH/c1-23-20-26(32(3,4)5)21-24(2)28(23)13-16-33-31(35-27-14-18-38-19-15-27)34-22-30(37)36-17-9-8-11-25-10-6-7-12-29(25)36;/h6-7,10,12,20-21,27H,8-9,11,13-19,22H2,1-5H3,(H2,33,34,35);1H. The summed E-state index contributed by atoms with van der Waals surface area (Å²) in [7, 11) is 0. The van der Waals surface area contributed by atoms with Crippen molar-refractivity contribution in [3.63, 3.8) is 0 Å². The van der Waals surface area contributed by atoms with Crippen LogP contribution in [0.1, 0.15) is 74.3 Å². The van der Waals surface area contributed by atoms with Crippen LogP contribution in [0.3, 0.4) is 0 Å². The number of nitrogens with zero attached hydrogens (tertiary/aromatic N) is 2. The van der Waals surface area contributed by atoms with E-state index in [2.05, 4.69) is 75.6 Å². The molecular weight excluding hydrogens is 552 g/mol. The van der Waals surface area contributed by atoms with Gasteiger partial charge in [-0.2, -0.15) is 0 Å². The van der Waals surface area contributed by atoms with Crippen LogP contribution in [0.4, 0.5) is 5.69 Å². The van der Waals surface area contributed by atoms with E-state index in [1.54, 1.807) is 0 Å². The molecule has 7 heteroatoms. The van der Waals surface area contributed by atoms with E-state index in [1.807, 2.05) is 11.0 Å². The number of ether oxygens (including phenoxy) is 1. The topological polar surface area (TPSA) is 66.0 Å². The van der Waals surface area contributed by atoms with E-state index in [0.717, 1.165) is 76.5 Å². The monoisotopic (exact) mass is 598 g/mol. The lowest BCUT2D eigenvalue weighted by atomic mass is 9.83. The quantitative estimate of drug-likeness (QED) is 0.325. The maximum atomic E-state index is 13.4. The van der Waals surface area contributed by atoms with E-state index in [0.29, 0.717) is 6.04 Å². The molecule has 2 heterocycles. The Morgan fingerprint density at radius 2 is 1.77 bits per heavy atom. The van der Waals surface area contributed by atoms with Gasteiger partial charge in [-0.3, -0.25) is 4.79 Å². The van der Waals surface area contributed by atoms with Crippen molar-refractivity contribution >= 4 is 34.5 Å². The Morgan fingerprint density at radius 1 is 1.08 bits per heavy atom. The van der Waals surface area contributed by atoms with Gasteiger partial charge in [0.25, 0.3) is 0 Å². The third kappa shape index (κ3) is 8.55. The molecule has 1 fully saturated rings. The Bertz CT molecular complexity index is 1110. The lowest BCUT2D eigenvalue weighted by Crippen LogP contribution is -2.47. The van der Waals surface area contributed by atoms with Crippen molar-refractivity contribution in [3.05, 3.63) is 64.2 Å². The molecule has 0 bridgehead atoms. The first kappa shape index (κ1) is 31.2. The Morgan fingerprint density at radius 3 is 2.46 bits per heavy atom. The summed E-state index contributed by atoms with van der Waals surface area (Å²) >= 11 is 0. The minimum absolute atomic E-state index is 0. The van der Waals surface area contributed by atoms with Gasteiger partial charge >= 0.3 is 0 Å². The molecule has 4 rings (SSSR count). The number of halogens is 1. The van der Waals surface area contributed by atoms with Gasteiger partial charge in [-0.05, 0) is 91.7 Å². The number of hydrogen-bond acceptors (Lipinski definition) is 3. The number of fused-ring (bicyclic) bond motifs is 1. The van der Waals surface area contributed by atoms with Crippen molar-refractivity contribution in [2.24, 2.45) is 4.99 Å². The van der Waals surface area contributed by atoms with Crippen molar-refractivity contribution < 1.29 is 9.53 Å². The van der Waals surface area contributed by atoms with Gasteiger partial charge in [-0.15, -0.1) is 17.0 Å². The summed E-state index contributed by atoms with van der Waals surface area (Å²) in [6.45, 7) is 14.4. The Kier molecular flexibility index (Phi) is 11.4. The number of hydrogen-bond donors (Lipinski definition) is 2. The number of rotatable bonds is 6. The molecule has 2 N–H and O–H groups in total. The zero-order valence-corrected chi connectivity index (χ0v) is 26.2. The smallest absolute Gasteiger partial charge is 0.248 e. The molecule has 6 nitrogen and oxygen atoms in total. The molecule has 0 aliphatic carbocycles. The van der Waals surface area contributed by atoms with Crippen LogP contribution in [0, 0.1) is 13.8 Å². The van der Waals surface area contributed by atoms with Gasteiger partial charge in [0.1, 0.15) is 6.54 Å². The average molecular weight is 600 g/mol. The molecule has 0 spiro atoms.